The normalized spacial score (nSPS) is 18.2. The Morgan fingerprint density at radius 3 is 3.05 bits per heavy atom. The molecular formula is C15H17ClN2O. The summed E-state index contributed by atoms with van der Waals surface area (Å²) in [6.07, 6.45) is 2.19. The summed E-state index contributed by atoms with van der Waals surface area (Å²) in [6, 6.07) is 7.97. The zero-order chi connectivity index (χ0) is 13.4. The van der Waals surface area contributed by atoms with Crippen LogP contribution in [-0.2, 0) is 13.0 Å². The van der Waals surface area contributed by atoms with Gasteiger partial charge in [0.25, 0.3) is 0 Å². The minimum absolute atomic E-state index is 0.643. The van der Waals surface area contributed by atoms with E-state index in [1.165, 1.54) is 6.42 Å². The highest BCUT2D eigenvalue weighted by Gasteiger charge is 2.23. The lowest BCUT2D eigenvalue weighted by Crippen LogP contribution is -2.18. The Morgan fingerprint density at radius 1 is 1.42 bits per heavy atom. The quantitative estimate of drug-likeness (QED) is 0.834. The second kappa shape index (κ2) is 4.89. The molecule has 0 radical (unpaired) electrons. The highest BCUT2D eigenvalue weighted by Crippen LogP contribution is 2.32. The summed E-state index contributed by atoms with van der Waals surface area (Å²) in [5.41, 5.74) is 2.22. The fourth-order valence-corrected chi connectivity index (χ4v) is 2.94. The van der Waals surface area contributed by atoms with Crippen LogP contribution in [0.5, 0.6) is 5.75 Å². The number of imidazole rings is 1. The van der Waals surface area contributed by atoms with Gasteiger partial charge in [-0.2, -0.15) is 0 Å². The molecule has 2 heterocycles. The Balaban J connectivity index is 2.10. The highest BCUT2D eigenvalue weighted by molar-refractivity contribution is 6.30. The molecule has 0 fully saturated rings. The van der Waals surface area contributed by atoms with Crippen molar-refractivity contribution >= 4 is 11.6 Å². The second-order valence-corrected chi connectivity index (χ2v) is 5.52. The van der Waals surface area contributed by atoms with Crippen molar-refractivity contribution in [1.29, 1.82) is 0 Å². The first-order valence-corrected chi connectivity index (χ1v) is 6.96. The third kappa shape index (κ3) is 2.23. The maximum absolute atomic E-state index is 6.27. The third-order valence-electron chi connectivity index (χ3n) is 3.72. The van der Waals surface area contributed by atoms with Crippen LogP contribution in [-0.4, -0.2) is 16.7 Å². The molecule has 2 aromatic rings. The Bertz CT molecular complexity index is 606. The molecule has 1 aromatic heterocycles. The van der Waals surface area contributed by atoms with E-state index in [1.807, 2.05) is 24.3 Å². The number of nitrogens with zero attached hydrogens (tertiary/aromatic N) is 2. The van der Waals surface area contributed by atoms with Crippen molar-refractivity contribution in [2.75, 3.05) is 7.11 Å². The lowest BCUT2D eigenvalue weighted by molar-refractivity contribution is 0.402. The predicted molar refractivity (Wildman–Crippen MR) is 76.7 cm³/mol. The van der Waals surface area contributed by atoms with Crippen LogP contribution in [0.1, 0.15) is 19.0 Å². The van der Waals surface area contributed by atoms with Gasteiger partial charge in [0.05, 0.1) is 12.8 Å². The first kappa shape index (κ1) is 12.5. The van der Waals surface area contributed by atoms with E-state index in [9.17, 15) is 0 Å². The first-order valence-electron chi connectivity index (χ1n) is 6.58. The number of rotatable bonds is 2. The number of methoxy groups -OCH3 is 1. The minimum Gasteiger partial charge on any atom is -0.497 e. The standard InChI is InChI=1S/C15H17ClN2O/c1-10-6-7-13-14(16)17-15(18(13)9-10)11-4-3-5-12(8-11)19-2/h3-5,8,10H,6-7,9H2,1-2H3. The monoisotopic (exact) mass is 276 g/mol. The van der Waals surface area contributed by atoms with Crippen LogP contribution in [0, 0.1) is 5.92 Å². The van der Waals surface area contributed by atoms with Crippen molar-refractivity contribution < 1.29 is 4.74 Å². The van der Waals surface area contributed by atoms with Crippen LogP contribution in [0.15, 0.2) is 24.3 Å². The highest BCUT2D eigenvalue weighted by atomic mass is 35.5. The van der Waals surface area contributed by atoms with Crippen molar-refractivity contribution in [2.45, 2.75) is 26.3 Å². The minimum atomic E-state index is 0.643. The van der Waals surface area contributed by atoms with Crippen molar-refractivity contribution in [1.82, 2.24) is 9.55 Å². The number of hydrogen-bond donors (Lipinski definition) is 0. The molecule has 1 aromatic carbocycles. The molecule has 0 saturated heterocycles. The summed E-state index contributed by atoms with van der Waals surface area (Å²) in [5, 5.41) is 0.643. The average Bonchev–Trinajstić information content (AvgIpc) is 2.75. The van der Waals surface area contributed by atoms with E-state index in [0.717, 1.165) is 35.8 Å². The van der Waals surface area contributed by atoms with Gasteiger partial charge >= 0.3 is 0 Å². The summed E-state index contributed by atoms with van der Waals surface area (Å²) < 4.78 is 7.53. The van der Waals surface area contributed by atoms with Crippen LogP contribution in [0.4, 0.5) is 0 Å². The topological polar surface area (TPSA) is 27.1 Å². The van der Waals surface area contributed by atoms with Crippen molar-refractivity contribution in [3.05, 3.63) is 35.1 Å². The van der Waals surface area contributed by atoms with Gasteiger partial charge < -0.3 is 9.30 Å². The third-order valence-corrected chi connectivity index (χ3v) is 4.02. The number of fused-ring (bicyclic) bond motifs is 1. The fraction of sp³-hybridized carbons (Fsp3) is 0.400. The van der Waals surface area contributed by atoms with E-state index in [4.69, 9.17) is 16.3 Å². The van der Waals surface area contributed by atoms with Crippen LogP contribution >= 0.6 is 11.6 Å². The van der Waals surface area contributed by atoms with Gasteiger partial charge in [-0.1, -0.05) is 30.7 Å². The first-order chi connectivity index (χ1) is 9.19. The largest absolute Gasteiger partial charge is 0.497 e. The molecule has 1 aliphatic rings. The fourth-order valence-electron chi connectivity index (χ4n) is 2.66. The van der Waals surface area contributed by atoms with E-state index in [2.05, 4.69) is 16.5 Å². The van der Waals surface area contributed by atoms with Gasteiger partial charge in [0, 0.05) is 12.1 Å². The Labute approximate surface area is 118 Å². The Kier molecular flexibility index (Phi) is 3.23. The Hall–Kier alpha value is -1.48. The molecule has 1 atom stereocenters. The molecule has 100 valence electrons. The summed E-state index contributed by atoms with van der Waals surface area (Å²) in [5.74, 6) is 2.46. The molecule has 0 N–H and O–H groups in total. The molecule has 19 heavy (non-hydrogen) atoms. The molecule has 1 unspecified atom stereocenters. The van der Waals surface area contributed by atoms with E-state index in [1.54, 1.807) is 7.11 Å². The lowest BCUT2D eigenvalue weighted by atomic mass is 10.00. The van der Waals surface area contributed by atoms with Crippen LogP contribution < -0.4 is 4.74 Å². The average molecular weight is 277 g/mol. The van der Waals surface area contributed by atoms with E-state index in [0.29, 0.717) is 11.1 Å². The van der Waals surface area contributed by atoms with Gasteiger partial charge in [-0.3, -0.25) is 0 Å². The number of hydrogen-bond acceptors (Lipinski definition) is 2. The van der Waals surface area contributed by atoms with Gasteiger partial charge in [0.1, 0.15) is 11.6 Å². The number of ether oxygens (including phenoxy) is 1. The maximum atomic E-state index is 6.27. The summed E-state index contributed by atoms with van der Waals surface area (Å²) >= 11 is 6.27. The summed E-state index contributed by atoms with van der Waals surface area (Å²) in [4.78, 5) is 4.55. The molecule has 4 heteroatoms. The van der Waals surface area contributed by atoms with Crippen molar-refractivity contribution in [2.24, 2.45) is 5.92 Å². The molecule has 1 aliphatic heterocycles. The number of halogens is 1. The Morgan fingerprint density at radius 2 is 2.26 bits per heavy atom. The van der Waals surface area contributed by atoms with Crippen molar-refractivity contribution in [3.63, 3.8) is 0 Å². The summed E-state index contributed by atoms with van der Waals surface area (Å²) in [7, 11) is 1.68. The second-order valence-electron chi connectivity index (χ2n) is 5.16. The zero-order valence-corrected chi connectivity index (χ0v) is 11.9. The van der Waals surface area contributed by atoms with Gasteiger partial charge in [-0.15, -0.1) is 0 Å². The smallest absolute Gasteiger partial charge is 0.150 e. The van der Waals surface area contributed by atoms with Gasteiger partial charge in [0.2, 0.25) is 0 Å². The SMILES string of the molecule is COc1cccc(-c2nc(Cl)c3n2CC(C)CC3)c1. The van der Waals surface area contributed by atoms with E-state index < -0.39 is 0 Å². The predicted octanol–water partition coefficient (Wildman–Crippen LogP) is 3.79. The number of benzene rings is 1. The molecule has 0 amide bonds. The lowest BCUT2D eigenvalue weighted by Gasteiger charge is -2.22. The van der Waals surface area contributed by atoms with Gasteiger partial charge in [-0.25, -0.2) is 4.98 Å². The van der Waals surface area contributed by atoms with Crippen molar-refractivity contribution in [3.8, 4) is 17.1 Å². The maximum Gasteiger partial charge on any atom is 0.150 e. The zero-order valence-electron chi connectivity index (χ0n) is 11.2. The van der Waals surface area contributed by atoms with Gasteiger partial charge in [0.15, 0.2) is 5.15 Å². The number of aromatic nitrogens is 2. The molecule has 0 saturated carbocycles. The molecular weight excluding hydrogens is 260 g/mol. The van der Waals surface area contributed by atoms with Crippen LogP contribution in [0.3, 0.4) is 0 Å². The molecule has 0 aliphatic carbocycles. The molecule has 3 nitrogen and oxygen atoms in total. The molecule has 3 rings (SSSR count). The molecule has 0 spiro atoms. The van der Waals surface area contributed by atoms with E-state index >= 15 is 0 Å². The van der Waals surface area contributed by atoms with Crippen LogP contribution in [0.25, 0.3) is 11.4 Å². The van der Waals surface area contributed by atoms with Gasteiger partial charge in [-0.05, 0) is 30.9 Å². The van der Waals surface area contributed by atoms with Crippen LogP contribution in [0.2, 0.25) is 5.15 Å². The van der Waals surface area contributed by atoms with E-state index in [-0.39, 0.29) is 0 Å². The summed E-state index contributed by atoms with van der Waals surface area (Å²) in [6.45, 7) is 3.26. The molecule has 0 bridgehead atoms.